The number of thiophene rings is 1. The molecule has 2 aromatic carbocycles. The second kappa shape index (κ2) is 9.99. The van der Waals surface area contributed by atoms with Gasteiger partial charge in [-0.3, -0.25) is 9.59 Å². The van der Waals surface area contributed by atoms with Crippen LogP contribution in [0.15, 0.2) is 71.2 Å². The molecular weight excluding hydrogens is 466 g/mol. The maximum Gasteiger partial charge on any atom is 0.255 e. The zero-order valence-corrected chi connectivity index (χ0v) is 19.3. The normalized spacial score (nSPS) is 10.7. The first kappa shape index (κ1) is 22.1. The summed E-state index contributed by atoms with van der Waals surface area (Å²) >= 11 is 8.76. The highest BCUT2D eigenvalue weighted by molar-refractivity contribution is 7.99. The van der Waals surface area contributed by atoms with Crippen molar-refractivity contribution in [3.05, 3.63) is 76.6 Å². The van der Waals surface area contributed by atoms with Gasteiger partial charge in [-0.25, -0.2) is 0 Å². The lowest BCUT2D eigenvalue weighted by Crippen LogP contribution is -2.15. The molecule has 0 aliphatic rings. The van der Waals surface area contributed by atoms with Crippen molar-refractivity contribution in [1.82, 2.24) is 14.8 Å². The minimum Gasteiger partial charge on any atom is -0.325 e. The van der Waals surface area contributed by atoms with Crippen molar-refractivity contribution in [2.45, 2.75) is 5.16 Å². The number of aromatic nitrogens is 3. The van der Waals surface area contributed by atoms with Crippen LogP contribution in [0.1, 0.15) is 10.4 Å². The lowest BCUT2D eigenvalue weighted by Gasteiger charge is -2.08. The summed E-state index contributed by atoms with van der Waals surface area (Å²) in [5.74, 6) is 0.582. The van der Waals surface area contributed by atoms with Gasteiger partial charge in [0.1, 0.15) is 0 Å². The van der Waals surface area contributed by atoms with E-state index in [0.717, 1.165) is 10.7 Å². The third kappa shape index (κ3) is 5.37. The van der Waals surface area contributed by atoms with Gasteiger partial charge in [0.2, 0.25) is 5.91 Å². The second-order valence-electron chi connectivity index (χ2n) is 6.72. The predicted molar refractivity (Wildman–Crippen MR) is 130 cm³/mol. The summed E-state index contributed by atoms with van der Waals surface area (Å²) in [7, 11) is 1.88. The molecule has 0 aliphatic carbocycles. The Bertz CT molecular complexity index is 1220. The number of halogens is 1. The summed E-state index contributed by atoms with van der Waals surface area (Å²) in [6.45, 7) is 0. The fourth-order valence-corrected chi connectivity index (χ4v) is 4.41. The molecule has 32 heavy (non-hydrogen) atoms. The van der Waals surface area contributed by atoms with Crippen LogP contribution in [0.2, 0.25) is 5.02 Å². The second-order valence-corrected chi connectivity index (χ2v) is 9.04. The van der Waals surface area contributed by atoms with E-state index in [9.17, 15) is 9.59 Å². The highest BCUT2D eigenvalue weighted by Crippen LogP contribution is 2.26. The largest absolute Gasteiger partial charge is 0.325 e. The molecule has 0 atom stereocenters. The topological polar surface area (TPSA) is 88.9 Å². The van der Waals surface area contributed by atoms with E-state index in [1.807, 2.05) is 29.1 Å². The van der Waals surface area contributed by atoms with Crippen molar-refractivity contribution in [2.24, 2.45) is 7.05 Å². The van der Waals surface area contributed by atoms with Gasteiger partial charge in [-0.05, 0) is 60.0 Å². The first-order valence-electron chi connectivity index (χ1n) is 9.52. The smallest absolute Gasteiger partial charge is 0.255 e. The van der Waals surface area contributed by atoms with Crippen LogP contribution in [0.5, 0.6) is 0 Å². The number of hydrogen-bond acceptors (Lipinski definition) is 6. The van der Waals surface area contributed by atoms with Crippen molar-refractivity contribution in [1.29, 1.82) is 0 Å². The molecule has 2 amide bonds. The van der Waals surface area contributed by atoms with Gasteiger partial charge >= 0.3 is 0 Å². The fourth-order valence-electron chi connectivity index (χ4n) is 2.83. The Balaban J connectivity index is 1.29. The summed E-state index contributed by atoms with van der Waals surface area (Å²) in [4.78, 5) is 25.6. The number of anilines is 2. The van der Waals surface area contributed by atoms with Crippen LogP contribution in [-0.4, -0.2) is 32.3 Å². The van der Waals surface area contributed by atoms with Crippen LogP contribution in [0.25, 0.3) is 10.7 Å². The van der Waals surface area contributed by atoms with Gasteiger partial charge < -0.3 is 15.2 Å². The number of rotatable bonds is 7. The molecule has 0 bridgehead atoms. The van der Waals surface area contributed by atoms with Crippen molar-refractivity contribution in [3.8, 4) is 10.7 Å². The number of carbonyl (C=O) groups is 2. The SMILES string of the molecule is Cn1c(SCC(=O)Nc2ccc(NC(=O)c3ccc(Cl)cc3)cc2)nnc1-c1cccs1. The minimum absolute atomic E-state index is 0.159. The third-order valence-electron chi connectivity index (χ3n) is 4.44. The molecule has 2 N–H and O–H groups in total. The first-order chi connectivity index (χ1) is 15.5. The van der Waals surface area contributed by atoms with Gasteiger partial charge in [0.15, 0.2) is 11.0 Å². The molecule has 0 aliphatic heterocycles. The number of thioether (sulfide) groups is 1. The Kier molecular flexibility index (Phi) is 6.89. The number of nitrogens with zero attached hydrogens (tertiary/aromatic N) is 3. The van der Waals surface area contributed by atoms with Gasteiger partial charge in [-0.2, -0.15) is 0 Å². The van der Waals surface area contributed by atoms with Crippen LogP contribution in [0.4, 0.5) is 11.4 Å². The van der Waals surface area contributed by atoms with E-state index < -0.39 is 0 Å². The van der Waals surface area contributed by atoms with Gasteiger partial charge in [-0.15, -0.1) is 21.5 Å². The van der Waals surface area contributed by atoms with E-state index in [1.165, 1.54) is 11.8 Å². The predicted octanol–water partition coefficient (Wildman–Crippen LogP) is 5.18. The third-order valence-corrected chi connectivity index (χ3v) is 6.58. The Morgan fingerprint density at radius 2 is 1.69 bits per heavy atom. The summed E-state index contributed by atoms with van der Waals surface area (Å²) in [5.41, 5.74) is 1.77. The highest BCUT2D eigenvalue weighted by Gasteiger charge is 2.14. The standard InChI is InChI=1S/C22H18ClN5O2S2/c1-28-20(18-3-2-12-31-18)26-27-22(28)32-13-19(29)24-16-8-10-17(11-9-16)25-21(30)14-4-6-15(23)7-5-14/h2-12H,13H2,1H3,(H,24,29)(H,25,30). The Morgan fingerprint density at radius 1 is 1.00 bits per heavy atom. The average molecular weight is 484 g/mol. The van der Waals surface area contributed by atoms with E-state index in [4.69, 9.17) is 11.6 Å². The van der Waals surface area contributed by atoms with E-state index >= 15 is 0 Å². The van der Waals surface area contributed by atoms with Gasteiger partial charge in [0.05, 0.1) is 10.6 Å². The fraction of sp³-hybridized carbons (Fsp3) is 0.0909. The van der Waals surface area contributed by atoms with E-state index in [2.05, 4.69) is 20.8 Å². The molecular formula is C22H18ClN5O2S2. The van der Waals surface area contributed by atoms with Crippen LogP contribution in [-0.2, 0) is 11.8 Å². The number of nitrogens with one attached hydrogen (secondary N) is 2. The minimum atomic E-state index is -0.236. The Hall–Kier alpha value is -3.14. The van der Waals surface area contributed by atoms with E-state index in [0.29, 0.717) is 27.1 Å². The quantitative estimate of drug-likeness (QED) is 0.353. The summed E-state index contributed by atoms with van der Waals surface area (Å²) < 4.78 is 1.88. The van der Waals surface area contributed by atoms with Crippen LogP contribution >= 0.6 is 34.7 Å². The maximum atomic E-state index is 12.3. The number of hydrogen-bond donors (Lipinski definition) is 2. The molecule has 0 spiro atoms. The van der Waals surface area contributed by atoms with Gasteiger partial charge in [0, 0.05) is 29.0 Å². The molecule has 4 rings (SSSR count). The molecule has 7 nitrogen and oxygen atoms in total. The monoisotopic (exact) mass is 483 g/mol. The maximum absolute atomic E-state index is 12.3. The van der Waals surface area contributed by atoms with Crippen LogP contribution < -0.4 is 10.6 Å². The zero-order valence-electron chi connectivity index (χ0n) is 16.9. The molecule has 0 saturated carbocycles. The summed E-state index contributed by atoms with van der Waals surface area (Å²) in [5, 5.41) is 17.3. The lowest BCUT2D eigenvalue weighted by molar-refractivity contribution is -0.113. The molecule has 0 fully saturated rings. The van der Waals surface area contributed by atoms with Crippen LogP contribution in [0.3, 0.4) is 0 Å². The molecule has 0 radical (unpaired) electrons. The average Bonchev–Trinajstić information content (AvgIpc) is 3.44. The van der Waals surface area contributed by atoms with Crippen molar-refractivity contribution in [3.63, 3.8) is 0 Å². The Morgan fingerprint density at radius 3 is 2.34 bits per heavy atom. The number of benzene rings is 2. The van der Waals surface area contributed by atoms with E-state index in [1.54, 1.807) is 59.9 Å². The van der Waals surface area contributed by atoms with Crippen molar-refractivity contribution < 1.29 is 9.59 Å². The number of carbonyl (C=O) groups excluding carboxylic acids is 2. The molecule has 4 aromatic rings. The first-order valence-corrected chi connectivity index (χ1v) is 11.8. The molecule has 162 valence electrons. The Labute approximate surface area is 197 Å². The molecule has 0 unspecified atom stereocenters. The molecule has 2 aromatic heterocycles. The molecule has 0 saturated heterocycles. The summed E-state index contributed by atoms with van der Waals surface area (Å²) in [6.07, 6.45) is 0. The highest BCUT2D eigenvalue weighted by atomic mass is 35.5. The number of amides is 2. The molecule has 10 heteroatoms. The lowest BCUT2D eigenvalue weighted by atomic mass is 10.2. The molecule has 2 heterocycles. The summed E-state index contributed by atoms with van der Waals surface area (Å²) in [6, 6.07) is 17.5. The van der Waals surface area contributed by atoms with Crippen LogP contribution in [0, 0.1) is 0 Å². The van der Waals surface area contributed by atoms with Crippen molar-refractivity contribution >= 4 is 57.9 Å². The van der Waals surface area contributed by atoms with Crippen molar-refractivity contribution in [2.75, 3.05) is 16.4 Å². The zero-order chi connectivity index (χ0) is 22.5. The van der Waals surface area contributed by atoms with E-state index in [-0.39, 0.29) is 17.6 Å². The van der Waals surface area contributed by atoms with Gasteiger partial charge in [-0.1, -0.05) is 29.4 Å². The van der Waals surface area contributed by atoms with Gasteiger partial charge in [0.25, 0.3) is 5.91 Å².